The van der Waals surface area contributed by atoms with E-state index in [2.05, 4.69) is 10.3 Å². The lowest BCUT2D eigenvalue weighted by molar-refractivity contribution is -0.121. The minimum Gasteiger partial charge on any atom is -0.356 e. The predicted molar refractivity (Wildman–Crippen MR) is 65.5 cm³/mol. The number of hydrogen-bond acceptors (Lipinski definition) is 2. The van der Waals surface area contributed by atoms with Crippen molar-refractivity contribution in [3.8, 4) is 0 Å². The van der Waals surface area contributed by atoms with E-state index in [1.54, 1.807) is 6.20 Å². The number of hydrogen-bond donors (Lipinski definition) is 1. The van der Waals surface area contributed by atoms with E-state index in [0.29, 0.717) is 18.8 Å². The van der Waals surface area contributed by atoms with Gasteiger partial charge >= 0.3 is 0 Å². The fourth-order valence-electron chi connectivity index (χ4n) is 1.36. The van der Waals surface area contributed by atoms with Crippen LogP contribution in [0.1, 0.15) is 24.8 Å². The van der Waals surface area contributed by atoms with Crippen molar-refractivity contribution in [2.24, 2.45) is 0 Å². The van der Waals surface area contributed by atoms with Crippen molar-refractivity contribution < 1.29 is 4.79 Å². The van der Waals surface area contributed by atoms with Crippen LogP contribution in [0.4, 0.5) is 0 Å². The first-order valence-electron chi connectivity index (χ1n) is 5.54. The molecule has 0 aliphatic carbocycles. The highest BCUT2D eigenvalue weighted by atomic mass is 35.5. The van der Waals surface area contributed by atoms with Crippen LogP contribution in [-0.2, 0) is 11.2 Å². The van der Waals surface area contributed by atoms with Crippen molar-refractivity contribution >= 4 is 17.5 Å². The maximum Gasteiger partial charge on any atom is 0.220 e. The number of halogens is 1. The average Bonchev–Trinajstić information content (AvgIpc) is 2.31. The zero-order chi connectivity index (χ0) is 11.6. The molecule has 0 saturated carbocycles. The van der Waals surface area contributed by atoms with Gasteiger partial charge in [-0.25, -0.2) is 0 Å². The second-order valence-corrected chi connectivity index (χ2v) is 3.99. The number of aromatic nitrogens is 1. The van der Waals surface area contributed by atoms with Gasteiger partial charge in [-0.1, -0.05) is 6.07 Å². The van der Waals surface area contributed by atoms with Gasteiger partial charge in [-0.2, -0.15) is 0 Å². The third kappa shape index (κ3) is 5.71. The first kappa shape index (κ1) is 13.0. The van der Waals surface area contributed by atoms with E-state index in [0.717, 1.165) is 24.8 Å². The minimum absolute atomic E-state index is 0.106. The normalized spacial score (nSPS) is 10.1. The zero-order valence-corrected chi connectivity index (χ0v) is 10.0. The van der Waals surface area contributed by atoms with Crippen molar-refractivity contribution in [3.63, 3.8) is 0 Å². The van der Waals surface area contributed by atoms with Gasteiger partial charge < -0.3 is 5.32 Å². The van der Waals surface area contributed by atoms with Crippen molar-refractivity contribution in [1.29, 1.82) is 0 Å². The second kappa shape index (κ2) is 8.11. The first-order chi connectivity index (χ1) is 7.83. The third-order valence-corrected chi connectivity index (χ3v) is 2.51. The Morgan fingerprint density at radius 2 is 2.31 bits per heavy atom. The van der Waals surface area contributed by atoms with E-state index < -0.39 is 0 Å². The first-order valence-corrected chi connectivity index (χ1v) is 6.08. The Kier molecular flexibility index (Phi) is 6.58. The average molecular weight is 241 g/mol. The van der Waals surface area contributed by atoms with Gasteiger partial charge in [0.2, 0.25) is 5.91 Å². The van der Waals surface area contributed by atoms with Gasteiger partial charge in [0, 0.05) is 31.2 Å². The molecular weight excluding hydrogens is 224 g/mol. The van der Waals surface area contributed by atoms with E-state index in [-0.39, 0.29) is 5.91 Å². The molecule has 0 radical (unpaired) electrons. The van der Waals surface area contributed by atoms with Gasteiger partial charge in [0.15, 0.2) is 0 Å². The van der Waals surface area contributed by atoms with E-state index in [1.165, 1.54) is 0 Å². The standard InChI is InChI=1S/C12H17ClN2O/c13-7-2-1-5-12(16)15-9-6-11-4-3-8-14-10-11/h3-4,8,10H,1-2,5-7,9H2,(H,15,16). The maximum absolute atomic E-state index is 11.3. The summed E-state index contributed by atoms with van der Waals surface area (Å²) < 4.78 is 0. The molecule has 0 atom stereocenters. The van der Waals surface area contributed by atoms with E-state index >= 15 is 0 Å². The van der Waals surface area contributed by atoms with Crippen LogP contribution in [0.2, 0.25) is 0 Å². The minimum atomic E-state index is 0.106. The Morgan fingerprint density at radius 1 is 1.44 bits per heavy atom. The highest BCUT2D eigenvalue weighted by Gasteiger charge is 2.00. The Balaban J connectivity index is 2.09. The molecule has 0 unspecified atom stereocenters. The van der Waals surface area contributed by atoms with Gasteiger partial charge in [0.1, 0.15) is 0 Å². The number of alkyl halides is 1. The number of unbranched alkanes of at least 4 members (excludes halogenated alkanes) is 1. The topological polar surface area (TPSA) is 42.0 Å². The zero-order valence-electron chi connectivity index (χ0n) is 9.29. The number of nitrogens with one attached hydrogen (secondary N) is 1. The fraction of sp³-hybridized carbons (Fsp3) is 0.500. The van der Waals surface area contributed by atoms with Crippen molar-refractivity contribution in [2.75, 3.05) is 12.4 Å². The van der Waals surface area contributed by atoms with E-state index in [1.807, 2.05) is 18.3 Å². The molecule has 4 heteroatoms. The summed E-state index contributed by atoms with van der Waals surface area (Å²) in [6.07, 6.45) is 6.72. The molecule has 16 heavy (non-hydrogen) atoms. The van der Waals surface area contributed by atoms with Crippen LogP contribution in [0.5, 0.6) is 0 Å². The monoisotopic (exact) mass is 240 g/mol. The quantitative estimate of drug-likeness (QED) is 0.586. The number of nitrogens with zero attached hydrogens (tertiary/aromatic N) is 1. The predicted octanol–water partition coefficient (Wildman–Crippen LogP) is 2.15. The fourth-order valence-corrected chi connectivity index (χ4v) is 1.55. The highest BCUT2D eigenvalue weighted by molar-refractivity contribution is 6.17. The molecule has 0 saturated heterocycles. The molecule has 1 amide bonds. The molecule has 1 heterocycles. The second-order valence-electron chi connectivity index (χ2n) is 3.61. The SMILES string of the molecule is O=C(CCCCCl)NCCc1cccnc1. The molecule has 1 N–H and O–H groups in total. The van der Waals surface area contributed by atoms with Crippen LogP contribution in [0, 0.1) is 0 Å². The number of carbonyl (C=O) groups excluding carboxylic acids is 1. The number of rotatable bonds is 7. The molecular formula is C12H17ClN2O. The van der Waals surface area contributed by atoms with Crippen molar-refractivity contribution in [1.82, 2.24) is 10.3 Å². The molecule has 0 bridgehead atoms. The van der Waals surface area contributed by atoms with Crippen molar-refractivity contribution in [2.45, 2.75) is 25.7 Å². The van der Waals surface area contributed by atoms with Gasteiger partial charge in [0.05, 0.1) is 0 Å². The molecule has 0 aromatic carbocycles. The third-order valence-electron chi connectivity index (χ3n) is 2.25. The summed E-state index contributed by atoms with van der Waals surface area (Å²) in [7, 11) is 0. The highest BCUT2D eigenvalue weighted by Crippen LogP contribution is 1.98. The summed E-state index contributed by atoms with van der Waals surface area (Å²) >= 11 is 5.53. The lowest BCUT2D eigenvalue weighted by Gasteiger charge is -2.04. The molecule has 3 nitrogen and oxygen atoms in total. The van der Waals surface area contributed by atoms with Crippen LogP contribution < -0.4 is 5.32 Å². The van der Waals surface area contributed by atoms with Crippen LogP contribution in [0.3, 0.4) is 0 Å². The smallest absolute Gasteiger partial charge is 0.220 e. The van der Waals surface area contributed by atoms with Crippen LogP contribution >= 0.6 is 11.6 Å². The van der Waals surface area contributed by atoms with E-state index in [9.17, 15) is 4.79 Å². The summed E-state index contributed by atoms with van der Waals surface area (Å²) in [4.78, 5) is 15.4. The molecule has 0 aliphatic heterocycles. The molecule has 1 aromatic rings. The number of pyridine rings is 1. The molecule has 0 fully saturated rings. The molecule has 0 aliphatic rings. The van der Waals surface area contributed by atoms with Crippen molar-refractivity contribution in [3.05, 3.63) is 30.1 Å². The Labute approximate surface area is 101 Å². The summed E-state index contributed by atoms with van der Waals surface area (Å²) in [5.41, 5.74) is 1.14. The van der Waals surface area contributed by atoms with Gasteiger partial charge in [-0.15, -0.1) is 11.6 Å². The van der Waals surface area contributed by atoms with E-state index in [4.69, 9.17) is 11.6 Å². The Morgan fingerprint density at radius 3 is 3.00 bits per heavy atom. The lowest BCUT2D eigenvalue weighted by atomic mass is 10.2. The summed E-state index contributed by atoms with van der Waals surface area (Å²) in [5.74, 6) is 0.734. The summed E-state index contributed by atoms with van der Waals surface area (Å²) in [6, 6.07) is 3.91. The van der Waals surface area contributed by atoms with Crippen LogP contribution in [0.25, 0.3) is 0 Å². The van der Waals surface area contributed by atoms with Gasteiger partial charge in [-0.3, -0.25) is 9.78 Å². The Hall–Kier alpha value is -1.09. The lowest BCUT2D eigenvalue weighted by Crippen LogP contribution is -2.25. The van der Waals surface area contributed by atoms with Crippen LogP contribution in [-0.4, -0.2) is 23.3 Å². The summed E-state index contributed by atoms with van der Waals surface area (Å²) in [6.45, 7) is 0.672. The summed E-state index contributed by atoms with van der Waals surface area (Å²) in [5, 5.41) is 2.88. The number of amides is 1. The molecule has 1 aromatic heterocycles. The molecule has 88 valence electrons. The van der Waals surface area contributed by atoms with Gasteiger partial charge in [-0.05, 0) is 30.9 Å². The largest absolute Gasteiger partial charge is 0.356 e. The van der Waals surface area contributed by atoms with Crippen LogP contribution in [0.15, 0.2) is 24.5 Å². The Bertz CT molecular complexity index is 303. The number of carbonyl (C=O) groups is 1. The molecule has 1 rings (SSSR count). The van der Waals surface area contributed by atoms with Gasteiger partial charge in [0.25, 0.3) is 0 Å². The maximum atomic E-state index is 11.3. The molecule has 0 spiro atoms.